The number of carboxylic acid groups (broad SMARTS) is 1. The average molecular weight is 335 g/mol. The summed E-state index contributed by atoms with van der Waals surface area (Å²) >= 11 is 3.03. The van der Waals surface area contributed by atoms with E-state index < -0.39 is 23.3 Å². The summed E-state index contributed by atoms with van der Waals surface area (Å²) < 4.78 is 18.6. The number of halogens is 2. The molecule has 0 fully saturated rings. The highest BCUT2D eigenvalue weighted by molar-refractivity contribution is 9.10. The lowest BCUT2D eigenvalue weighted by Crippen LogP contribution is -2.26. The third kappa shape index (κ3) is 3.67. The van der Waals surface area contributed by atoms with E-state index in [1.807, 2.05) is 0 Å². The van der Waals surface area contributed by atoms with Gasteiger partial charge in [-0.05, 0) is 42.3 Å². The lowest BCUT2D eigenvalue weighted by atomic mass is 9.84. The van der Waals surface area contributed by atoms with Crippen molar-refractivity contribution in [2.75, 3.05) is 7.11 Å². The lowest BCUT2D eigenvalue weighted by molar-refractivity contribution is -0.148. The van der Waals surface area contributed by atoms with E-state index in [2.05, 4.69) is 15.9 Å². The molecule has 0 spiro atoms. The van der Waals surface area contributed by atoms with Gasteiger partial charge in [0.1, 0.15) is 11.6 Å². The highest BCUT2D eigenvalue weighted by atomic mass is 79.9. The van der Waals surface area contributed by atoms with Gasteiger partial charge in [0.25, 0.3) is 0 Å². The van der Waals surface area contributed by atoms with E-state index in [4.69, 9.17) is 9.84 Å². The number of aliphatic carboxylic acids is 1. The molecule has 1 aromatic rings. The molecular weight excluding hydrogens is 319 g/mol. The maximum Gasteiger partial charge on any atom is 0.309 e. The molecule has 0 aliphatic carbocycles. The van der Waals surface area contributed by atoms with Crippen molar-refractivity contribution in [2.24, 2.45) is 5.41 Å². The zero-order valence-electron chi connectivity index (χ0n) is 10.9. The predicted octanol–water partition coefficient (Wildman–Crippen LogP) is 3.13. The zero-order valence-corrected chi connectivity index (χ0v) is 12.5. The third-order valence-electron chi connectivity index (χ3n) is 2.91. The zero-order chi connectivity index (χ0) is 14.8. The van der Waals surface area contributed by atoms with Crippen LogP contribution in [0.1, 0.15) is 31.9 Å². The Balaban J connectivity index is 3.09. The molecule has 0 aliphatic rings. The molecule has 1 rings (SSSR count). The van der Waals surface area contributed by atoms with Crippen LogP contribution >= 0.6 is 15.9 Å². The molecule has 0 bridgehead atoms. The second-order valence-electron chi connectivity index (χ2n) is 4.92. The summed E-state index contributed by atoms with van der Waals surface area (Å²) in [6.45, 7) is 3.03. The van der Waals surface area contributed by atoms with Gasteiger partial charge in [0.2, 0.25) is 0 Å². The summed E-state index contributed by atoms with van der Waals surface area (Å²) in [5.74, 6) is -1.33. The van der Waals surface area contributed by atoms with E-state index in [9.17, 15) is 14.3 Å². The van der Waals surface area contributed by atoms with Crippen molar-refractivity contribution in [3.63, 3.8) is 0 Å². The Hall–Kier alpha value is -1.14. The molecule has 1 atom stereocenters. The minimum Gasteiger partial charge on any atom is -0.496 e. The number of rotatable bonds is 5. The van der Waals surface area contributed by atoms with Crippen LogP contribution < -0.4 is 4.74 Å². The van der Waals surface area contributed by atoms with E-state index in [-0.39, 0.29) is 16.6 Å². The summed E-state index contributed by atoms with van der Waals surface area (Å²) in [5, 5.41) is 19.2. The number of aliphatic hydroxyl groups is 1. The molecule has 106 valence electrons. The Labute approximate surface area is 119 Å². The van der Waals surface area contributed by atoms with Crippen LogP contribution in [0.5, 0.6) is 5.75 Å². The summed E-state index contributed by atoms with van der Waals surface area (Å²) in [7, 11) is 1.36. The Morgan fingerprint density at radius 3 is 2.58 bits per heavy atom. The minimum absolute atomic E-state index is 0.00321. The van der Waals surface area contributed by atoms with E-state index >= 15 is 0 Å². The van der Waals surface area contributed by atoms with Gasteiger partial charge < -0.3 is 14.9 Å². The molecule has 19 heavy (non-hydrogen) atoms. The average Bonchev–Trinajstić information content (AvgIpc) is 2.31. The first kappa shape index (κ1) is 15.9. The monoisotopic (exact) mass is 334 g/mol. The molecule has 1 aromatic carbocycles. The highest BCUT2D eigenvalue weighted by Gasteiger charge is 2.31. The first-order valence-electron chi connectivity index (χ1n) is 5.63. The molecule has 0 amide bonds. The molecule has 0 aliphatic heterocycles. The fourth-order valence-electron chi connectivity index (χ4n) is 1.66. The topological polar surface area (TPSA) is 66.8 Å². The van der Waals surface area contributed by atoms with E-state index in [0.717, 1.165) is 6.07 Å². The van der Waals surface area contributed by atoms with Gasteiger partial charge in [0.05, 0.1) is 23.1 Å². The fraction of sp³-hybridized carbons (Fsp3) is 0.462. The Morgan fingerprint density at radius 2 is 2.11 bits per heavy atom. The Kier molecular flexibility index (Phi) is 4.92. The summed E-state index contributed by atoms with van der Waals surface area (Å²) in [4.78, 5) is 11.1. The smallest absolute Gasteiger partial charge is 0.309 e. The number of hydrogen-bond donors (Lipinski definition) is 2. The quantitative estimate of drug-likeness (QED) is 0.868. The van der Waals surface area contributed by atoms with Crippen LogP contribution in [0.15, 0.2) is 16.6 Å². The second kappa shape index (κ2) is 5.88. The van der Waals surface area contributed by atoms with Crippen LogP contribution in [0.4, 0.5) is 4.39 Å². The van der Waals surface area contributed by atoms with Crippen molar-refractivity contribution < 1.29 is 24.1 Å². The first-order valence-corrected chi connectivity index (χ1v) is 6.42. The van der Waals surface area contributed by atoms with Crippen molar-refractivity contribution in [1.82, 2.24) is 0 Å². The van der Waals surface area contributed by atoms with Gasteiger partial charge in [-0.3, -0.25) is 4.79 Å². The largest absolute Gasteiger partial charge is 0.496 e. The van der Waals surface area contributed by atoms with Crippen LogP contribution in [-0.2, 0) is 4.79 Å². The van der Waals surface area contributed by atoms with Crippen molar-refractivity contribution in [3.05, 3.63) is 28.0 Å². The van der Waals surface area contributed by atoms with Gasteiger partial charge in [-0.2, -0.15) is 0 Å². The molecule has 2 N–H and O–H groups in total. The van der Waals surface area contributed by atoms with Gasteiger partial charge in [0.15, 0.2) is 0 Å². The van der Waals surface area contributed by atoms with Gasteiger partial charge in [-0.25, -0.2) is 4.39 Å². The molecule has 4 nitrogen and oxygen atoms in total. The Bertz CT molecular complexity index is 488. The maximum atomic E-state index is 13.4. The van der Waals surface area contributed by atoms with Gasteiger partial charge in [-0.1, -0.05) is 0 Å². The number of ether oxygens (including phenoxy) is 1. The van der Waals surface area contributed by atoms with Crippen LogP contribution in [0.3, 0.4) is 0 Å². The summed E-state index contributed by atoms with van der Waals surface area (Å²) in [6, 6.07) is 2.55. The maximum absolute atomic E-state index is 13.4. The second-order valence-corrected chi connectivity index (χ2v) is 5.77. The molecular formula is C13H16BrFO4. The van der Waals surface area contributed by atoms with Crippen LogP contribution in [0, 0.1) is 11.2 Å². The molecule has 1 unspecified atom stereocenters. The van der Waals surface area contributed by atoms with Crippen molar-refractivity contribution >= 4 is 21.9 Å². The molecule has 0 saturated carbocycles. The standard InChI is InChI=1S/C13H16BrFO4/c1-13(2,12(17)18)6-10(16)7-4-8(14)9(15)5-11(7)19-3/h4-5,10,16H,6H2,1-3H3,(H,17,18). The fourth-order valence-corrected chi connectivity index (χ4v) is 2.02. The minimum atomic E-state index is -1.09. The molecule has 0 radical (unpaired) electrons. The predicted molar refractivity (Wildman–Crippen MR) is 71.6 cm³/mol. The molecule has 0 saturated heterocycles. The number of aliphatic hydroxyl groups excluding tert-OH is 1. The van der Waals surface area contributed by atoms with Crippen LogP contribution in [-0.4, -0.2) is 23.3 Å². The van der Waals surface area contributed by atoms with Crippen molar-refractivity contribution in [3.8, 4) is 5.75 Å². The lowest BCUT2D eigenvalue weighted by Gasteiger charge is -2.24. The van der Waals surface area contributed by atoms with Gasteiger partial charge >= 0.3 is 5.97 Å². The van der Waals surface area contributed by atoms with E-state index in [1.54, 1.807) is 0 Å². The molecule has 0 heterocycles. The van der Waals surface area contributed by atoms with Crippen LogP contribution in [0.2, 0.25) is 0 Å². The van der Waals surface area contributed by atoms with Crippen molar-refractivity contribution in [2.45, 2.75) is 26.4 Å². The number of methoxy groups -OCH3 is 1. The normalized spacial score (nSPS) is 13.2. The Morgan fingerprint density at radius 1 is 1.53 bits per heavy atom. The molecule has 0 aromatic heterocycles. The van der Waals surface area contributed by atoms with Gasteiger partial charge in [0, 0.05) is 11.6 Å². The van der Waals surface area contributed by atoms with Gasteiger partial charge in [-0.15, -0.1) is 0 Å². The number of hydrogen-bond acceptors (Lipinski definition) is 3. The van der Waals surface area contributed by atoms with E-state index in [0.29, 0.717) is 5.56 Å². The van der Waals surface area contributed by atoms with Crippen LogP contribution in [0.25, 0.3) is 0 Å². The number of carboxylic acids is 1. The SMILES string of the molecule is COc1cc(F)c(Br)cc1C(O)CC(C)(C)C(=O)O. The van der Waals surface area contributed by atoms with E-state index in [1.165, 1.54) is 27.0 Å². The number of carbonyl (C=O) groups is 1. The highest BCUT2D eigenvalue weighted by Crippen LogP contribution is 2.36. The molecule has 6 heteroatoms. The first-order chi connectivity index (χ1) is 8.69. The summed E-state index contributed by atoms with van der Waals surface area (Å²) in [5.41, 5.74) is -0.740. The summed E-state index contributed by atoms with van der Waals surface area (Å²) in [6.07, 6.45) is -1.06. The van der Waals surface area contributed by atoms with Crippen molar-refractivity contribution in [1.29, 1.82) is 0 Å². The third-order valence-corrected chi connectivity index (χ3v) is 3.52. The number of benzene rings is 1.